The van der Waals surface area contributed by atoms with Crippen molar-refractivity contribution in [2.75, 3.05) is 11.9 Å². The van der Waals surface area contributed by atoms with Crippen LogP contribution >= 0.6 is 0 Å². The van der Waals surface area contributed by atoms with Gasteiger partial charge in [0, 0.05) is 17.8 Å². The molecule has 7 heteroatoms. The van der Waals surface area contributed by atoms with Crippen LogP contribution in [0.25, 0.3) is 0 Å². The average molecular weight is 288 g/mol. The number of pyridine rings is 1. The van der Waals surface area contributed by atoms with Crippen LogP contribution in [0.5, 0.6) is 0 Å². The molecule has 2 rings (SSSR count). The highest BCUT2D eigenvalue weighted by molar-refractivity contribution is 5.94. The molecule has 112 valence electrons. The summed E-state index contributed by atoms with van der Waals surface area (Å²) in [6.45, 7) is 7.16. The van der Waals surface area contributed by atoms with E-state index < -0.39 is 0 Å². The summed E-state index contributed by atoms with van der Waals surface area (Å²) in [5.74, 6) is 1.43. The van der Waals surface area contributed by atoms with Crippen LogP contribution in [0.1, 0.15) is 48.6 Å². The summed E-state index contributed by atoms with van der Waals surface area (Å²) in [5, 5.41) is 12.4. The molecule has 0 bridgehead atoms. The van der Waals surface area contributed by atoms with Crippen LogP contribution in [-0.4, -0.2) is 32.6 Å². The second-order valence-corrected chi connectivity index (χ2v) is 4.97. The number of hydrogen-bond donors (Lipinski definition) is 3. The molecule has 0 aromatic carbocycles. The third-order valence-electron chi connectivity index (χ3n) is 2.94. The van der Waals surface area contributed by atoms with Crippen molar-refractivity contribution in [3.63, 3.8) is 0 Å². The van der Waals surface area contributed by atoms with E-state index in [4.69, 9.17) is 0 Å². The van der Waals surface area contributed by atoms with E-state index in [2.05, 4.69) is 30.8 Å². The minimum atomic E-state index is -0.158. The Labute approximate surface area is 123 Å². The minimum Gasteiger partial charge on any atom is -0.370 e. The molecular formula is C14H20N6O. The van der Waals surface area contributed by atoms with Crippen molar-refractivity contribution >= 4 is 11.7 Å². The lowest BCUT2D eigenvalue weighted by atomic mass is 10.1. The van der Waals surface area contributed by atoms with Crippen molar-refractivity contribution in [1.29, 1.82) is 0 Å². The predicted octanol–water partition coefficient (Wildman–Crippen LogP) is 1.68. The Morgan fingerprint density at radius 3 is 2.81 bits per heavy atom. The van der Waals surface area contributed by atoms with Gasteiger partial charge in [-0.05, 0) is 25.0 Å². The smallest absolute Gasteiger partial charge is 0.251 e. The van der Waals surface area contributed by atoms with E-state index in [1.54, 1.807) is 6.07 Å². The van der Waals surface area contributed by atoms with Gasteiger partial charge in [0.2, 0.25) is 0 Å². The van der Waals surface area contributed by atoms with E-state index in [1.165, 1.54) is 6.33 Å². The van der Waals surface area contributed by atoms with Crippen molar-refractivity contribution in [2.24, 2.45) is 0 Å². The molecule has 2 heterocycles. The molecule has 0 aliphatic rings. The van der Waals surface area contributed by atoms with Gasteiger partial charge in [0.25, 0.3) is 5.91 Å². The SMILES string of the molecule is CCNc1cc(C(=O)NCc2ncn[nH]2)cc(C(C)C)n1. The highest BCUT2D eigenvalue weighted by Crippen LogP contribution is 2.17. The van der Waals surface area contributed by atoms with Gasteiger partial charge in [-0.25, -0.2) is 9.97 Å². The Morgan fingerprint density at radius 1 is 1.38 bits per heavy atom. The Bertz CT molecular complexity index is 594. The number of nitrogens with one attached hydrogen (secondary N) is 3. The van der Waals surface area contributed by atoms with E-state index in [-0.39, 0.29) is 11.8 Å². The van der Waals surface area contributed by atoms with Crippen LogP contribution in [0.2, 0.25) is 0 Å². The van der Waals surface area contributed by atoms with E-state index in [0.29, 0.717) is 23.8 Å². The van der Waals surface area contributed by atoms with Gasteiger partial charge in [0.05, 0.1) is 6.54 Å². The third-order valence-corrected chi connectivity index (χ3v) is 2.94. The fourth-order valence-electron chi connectivity index (χ4n) is 1.83. The van der Waals surface area contributed by atoms with E-state index in [1.807, 2.05) is 26.8 Å². The number of carbonyl (C=O) groups excluding carboxylic acids is 1. The van der Waals surface area contributed by atoms with Crippen LogP contribution in [-0.2, 0) is 6.54 Å². The molecular weight excluding hydrogens is 268 g/mol. The second kappa shape index (κ2) is 6.83. The van der Waals surface area contributed by atoms with Gasteiger partial charge in [-0.2, -0.15) is 5.10 Å². The number of nitrogens with zero attached hydrogens (tertiary/aromatic N) is 3. The van der Waals surface area contributed by atoms with Gasteiger partial charge >= 0.3 is 0 Å². The van der Waals surface area contributed by atoms with E-state index in [0.717, 1.165) is 12.2 Å². The van der Waals surface area contributed by atoms with Crippen LogP contribution in [0.15, 0.2) is 18.5 Å². The van der Waals surface area contributed by atoms with Crippen LogP contribution < -0.4 is 10.6 Å². The zero-order valence-electron chi connectivity index (χ0n) is 12.5. The Hall–Kier alpha value is -2.44. The maximum absolute atomic E-state index is 12.2. The summed E-state index contributed by atoms with van der Waals surface area (Å²) in [4.78, 5) is 20.7. The number of carbonyl (C=O) groups is 1. The van der Waals surface area contributed by atoms with Gasteiger partial charge in [0.1, 0.15) is 18.0 Å². The number of aromatic nitrogens is 4. The number of anilines is 1. The van der Waals surface area contributed by atoms with Crippen molar-refractivity contribution in [3.05, 3.63) is 35.5 Å². The summed E-state index contributed by atoms with van der Waals surface area (Å²) in [6, 6.07) is 3.58. The highest BCUT2D eigenvalue weighted by atomic mass is 16.1. The molecule has 0 spiro atoms. The summed E-state index contributed by atoms with van der Waals surface area (Å²) in [6.07, 6.45) is 1.41. The molecule has 21 heavy (non-hydrogen) atoms. The fourth-order valence-corrected chi connectivity index (χ4v) is 1.83. The quantitative estimate of drug-likeness (QED) is 0.751. The first-order chi connectivity index (χ1) is 10.1. The number of H-pyrrole nitrogens is 1. The van der Waals surface area contributed by atoms with Crippen molar-refractivity contribution in [3.8, 4) is 0 Å². The van der Waals surface area contributed by atoms with Crippen molar-refractivity contribution < 1.29 is 4.79 Å². The first-order valence-electron chi connectivity index (χ1n) is 6.98. The van der Waals surface area contributed by atoms with E-state index in [9.17, 15) is 4.79 Å². The maximum atomic E-state index is 12.2. The van der Waals surface area contributed by atoms with Crippen molar-refractivity contribution in [1.82, 2.24) is 25.5 Å². The topological polar surface area (TPSA) is 95.6 Å². The zero-order valence-corrected chi connectivity index (χ0v) is 12.5. The van der Waals surface area contributed by atoms with Gasteiger partial charge in [-0.15, -0.1) is 0 Å². The van der Waals surface area contributed by atoms with Crippen LogP contribution in [0.3, 0.4) is 0 Å². The Balaban J connectivity index is 2.14. The molecule has 1 amide bonds. The molecule has 3 N–H and O–H groups in total. The number of amides is 1. The minimum absolute atomic E-state index is 0.158. The first-order valence-corrected chi connectivity index (χ1v) is 6.98. The number of rotatable bonds is 6. The first kappa shape index (κ1) is 15.0. The largest absolute Gasteiger partial charge is 0.370 e. The molecule has 0 radical (unpaired) electrons. The average Bonchev–Trinajstić information content (AvgIpc) is 2.98. The van der Waals surface area contributed by atoms with Crippen molar-refractivity contribution in [2.45, 2.75) is 33.2 Å². The summed E-state index contributed by atoms with van der Waals surface area (Å²) < 4.78 is 0. The van der Waals surface area contributed by atoms with Crippen LogP contribution in [0, 0.1) is 0 Å². The molecule has 0 saturated heterocycles. The number of aromatic amines is 1. The third kappa shape index (κ3) is 4.01. The molecule has 0 aliphatic carbocycles. The molecule has 7 nitrogen and oxygen atoms in total. The summed E-state index contributed by atoms with van der Waals surface area (Å²) in [7, 11) is 0. The maximum Gasteiger partial charge on any atom is 0.251 e. The zero-order chi connectivity index (χ0) is 15.2. The molecule has 0 unspecified atom stereocenters. The van der Waals surface area contributed by atoms with Gasteiger partial charge in [-0.3, -0.25) is 9.89 Å². The number of hydrogen-bond acceptors (Lipinski definition) is 5. The molecule has 0 saturated carbocycles. The molecule has 2 aromatic rings. The molecule has 0 aliphatic heterocycles. The monoisotopic (exact) mass is 288 g/mol. The lowest BCUT2D eigenvalue weighted by Gasteiger charge is -2.11. The van der Waals surface area contributed by atoms with E-state index >= 15 is 0 Å². The predicted molar refractivity (Wildman–Crippen MR) is 80.0 cm³/mol. The standard InChI is InChI=1S/C14H20N6O/c1-4-15-12-6-10(5-11(19-12)9(2)3)14(21)16-7-13-17-8-18-20-13/h5-6,8-9H,4,7H2,1-3H3,(H,15,19)(H,16,21)(H,17,18,20). The molecule has 2 aromatic heterocycles. The summed E-state index contributed by atoms with van der Waals surface area (Å²) >= 11 is 0. The second-order valence-electron chi connectivity index (χ2n) is 4.97. The molecule has 0 fully saturated rings. The normalized spacial score (nSPS) is 10.7. The Morgan fingerprint density at radius 2 is 2.19 bits per heavy atom. The lowest BCUT2D eigenvalue weighted by Crippen LogP contribution is -2.24. The fraction of sp³-hybridized carbons (Fsp3) is 0.429. The van der Waals surface area contributed by atoms with Gasteiger partial charge in [0.15, 0.2) is 0 Å². The highest BCUT2D eigenvalue weighted by Gasteiger charge is 2.12. The van der Waals surface area contributed by atoms with Gasteiger partial charge in [-0.1, -0.05) is 13.8 Å². The van der Waals surface area contributed by atoms with Crippen LogP contribution in [0.4, 0.5) is 5.82 Å². The molecule has 0 atom stereocenters. The lowest BCUT2D eigenvalue weighted by molar-refractivity contribution is 0.0949. The Kier molecular flexibility index (Phi) is 4.86. The van der Waals surface area contributed by atoms with Gasteiger partial charge < -0.3 is 10.6 Å². The summed E-state index contributed by atoms with van der Waals surface area (Å²) in [5.41, 5.74) is 1.47.